The maximum absolute atomic E-state index is 13.9. The van der Waals surface area contributed by atoms with Crippen molar-refractivity contribution in [3.8, 4) is 11.4 Å². The molecule has 4 radical (unpaired) electrons. The SMILES string of the molecule is [B]C1([B])CCOCCN1C(=O)c1cc2c(cn1)c(-c1cnc3ccc(F)cn13)nn2CC(F)(F)F. The van der Waals surface area contributed by atoms with Gasteiger partial charge in [-0.2, -0.15) is 18.3 Å². The highest BCUT2D eigenvalue weighted by molar-refractivity contribution is 6.41. The summed E-state index contributed by atoms with van der Waals surface area (Å²) in [6.45, 7) is -0.872. The molecule has 1 amide bonds. The van der Waals surface area contributed by atoms with E-state index in [9.17, 15) is 22.4 Å². The Hall–Kier alpha value is -3.41. The van der Waals surface area contributed by atoms with Crippen LogP contribution in [0.5, 0.6) is 0 Å². The van der Waals surface area contributed by atoms with Crippen molar-refractivity contribution in [1.82, 2.24) is 29.0 Å². The number of alkyl halides is 3. The van der Waals surface area contributed by atoms with Crippen LogP contribution >= 0.6 is 0 Å². The molecule has 0 aliphatic carbocycles. The Labute approximate surface area is 198 Å². The molecule has 0 bridgehead atoms. The molecule has 1 saturated heterocycles. The summed E-state index contributed by atoms with van der Waals surface area (Å²) < 4.78 is 61.4. The van der Waals surface area contributed by atoms with Gasteiger partial charge in [0.1, 0.15) is 29.4 Å². The van der Waals surface area contributed by atoms with Gasteiger partial charge in [0.2, 0.25) is 0 Å². The highest BCUT2D eigenvalue weighted by atomic mass is 19.4. The van der Waals surface area contributed by atoms with Gasteiger partial charge >= 0.3 is 6.18 Å². The lowest BCUT2D eigenvalue weighted by atomic mass is 9.59. The summed E-state index contributed by atoms with van der Waals surface area (Å²) >= 11 is 0. The summed E-state index contributed by atoms with van der Waals surface area (Å²) in [6.07, 6.45) is -0.647. The number of carbonyl (C=O) groups is 1. The van der Waals surface area contributed by atoms with E-state index in [2.05, 4.69) is 15.1 Å². The maximum atomic E-state index is 13.9. The van der Waals surface area contributed by atoms with Crippen molar-refractivity contribution in [2.24, 2.45) is 0 Å². The minimum absolute atomic E-state index is 0.00717. The maximum Gasteiger partial charge on any atom is 0.408 e. The molecule has 5 heterocycles. The van der Waals surface area contributed by atoms with Gasteiger partial charge in [-0.1, -0.05) is 0 Å². The number of ether oxygens (including phenoxy) is 1. The molecule has 35 heavy (non-hydrogen) atoms. The molecule has 0 unspecified atom stereocenters. The van der Waals surface area contributed by atoms with E-state index in [4.69, 9.17) is 20.4 Å². The molecular formula is C21H16B2F4N6O2. The number of rotatable bonds is 3. The van der Waals surface area contributed by atoms with Crippen LogP contribution in [0.3, 0.4) is 0 Å². The molecule has 4 aromatic rings. The van der Waals surface area contributed by atoms with Crippen LogP contribution in [0.4, 0.5) is 17.6 Å². The molecule has 4 aromatic heterocycles. The second kappa shape index (κ2) is 8.36. The van der Waals surface area contributed by atoms with Crippen molar-refractivity contribution >= 4 is 38.1 Å². The van der Waals surface area contributed by atoms with E-state index >= 15 is 0 Å². The summed E-state index contributed by atoms with van der Waals surface area (Å²) in [5.41, 5.74) is 0.597. The lowest BCUT2D eigenvalue weighted by Gasteiger charge is -2.37. The summed E-state index contributed by atoms with van der Waals surface area (Å²) in [5, 5.41) is 2.85. The molecule has 1 aliphatic rings. The highest BCUT2D eigenvalue weighted by Gasteiger charge is 2.34. The zero-order valence-corrected chi connectivity index (χ0v) is 18.2. The quantitative estimate of drug-likeness (QED) is 0.331. The second-order valence-corrected chi connectivity index (χ2v) is 8.24. The standard InChI is InChI=1S/C21H16B2F4N6O2/c22-20(23)3-5-35-6-4-32(20)19(34)14-7-15-13(8-28-14)18(30-33(15)11-21(25,26)27)16-9-29-17-2-1-12(24)10-31(16)17/h1-2,7-10H,3-6,11H2. The molecule has 176 valence electrons. The van der Waals surface area contributed by atoms with E-state index in [-0.39, 0.29) is 54.2 Å². The summed E-state index contributed by atoms with van der Waals surface area (Å²) in [5.74, 6) is -1.21. The topological polar surface area (TPSA) is 77.6 Å². The number of pyridine rings is 2. The number of nitrogens with zero attached hydrogens (tertiary/aromatic N) is 6. The van der Waals surface area contributed by atoms with Gasteiger partial charge in [-0.25, -0.2) is 9.37 Å². The second-order valence-electron chi connectivity index (χ2n) is 8.24. The first kappa shape index (κ1) is 23.3. The predicted octanol–water partition coefficient (Wildman–Crippen LogP) is 2.30. The van der Waals surface area contributed by atoms with E-state index in [1.54, 1.807) is 0 Å². The first-order chi connectivity index (χ1) is 16.5. The average Bonchev–Trinajstić information content (AvgIpc) is 3.28. The zero-order chi connectivity index (χ0) is 25.0. The van der Waals surface area contributed by atoms with Crippen molar-refractivity contribution in [2.75, 3.05) is 19.8 Å². The average molecular weight is 482 g/mol. The Morgan fingerprint density at radius 1 is 1.17 bits per heavy atom. The lowest BCUT2D eigenvalue weighted by molar-refractivity contribution is -0.141. The van der Waals surface area contributed by atoms with E-state index in [1.165, 1.54) is 39.9 Å². The van der Waals surface area contributed by atoms with E-state index in [0.717, 1.165) is 10.9 Å². The van der Waals surface area contributed by atoms with Crippen LogP contribution in [0.2, 0.25) is 0 Å². The van der Waals surface area contributed by atoms with Crippen LogP contribution < -0.4 is 0 Å². The van der Waals surface area contributed by atoms with Gasteiger partial charge in [0.05, 0.1) is 39.7 Å². The van der Waals surface area contributed by atoms with Crippen molar-refractivity contribution < 1.29 is 27.1 Å². The van der Waals surface area contributed by atoms with E-state index in [1.807, 2.05) is 0 Å². The molecule has 0 spiro atoms. The molecule has 0 aromatic carbocycles. The molecule has 0 saturated carbocycles. The first-order valence-electron chi connectivity index (χ1n) is 10.6. The smallest absolute Gasteiger partial charge is 0.380 e. The molecule has 8 nitrogen and oxygen atoms in total. The largest absolute Gasteiger partial charge is 0.408 e. The molecular weight excluding hydrogens is 466 g/mol. The fourth-order valence-electron chi connectivity index (χ4n) is 4.06. The number of hydrogen-bond acceptors (Lipinski definition) is 5. The number of aromatic nitrogens is 5. The number of fused-ring (bicyclic) bond motifs is 2. The number of imidazole rings is 1. The van der Waals surface area contributed by atoms with Crippen LogP contribution in [0.25, 0.3) is 27.9 Å². The number of hydrogen-bond donors (Lipinski definition) is 0. The molecule has 14 heteroatoms. The van der Waals surface area contributed by atoms with Crippen LogP contribution in [0.15, 0.2) is 36.8 Å². The minimum atomic E-state index is -4.60. The van der Waals surface area contributed by atoms with Crippen molar-refractivity contribution in [3.05, 3.63) is 48.3 Å². The molecule has 0 N–H and O–H groups in total. The summed E-state index contributed by atoms with van der Waals surface area (Å²) in [6, 6.07) is 3.86. The first-order valence-corrected chi connectivity index (χ1v) is 10.6. The van der Waals surface area contributed by atoms with E-state index < -0.39 is 29.8 Å². The van der Waals surface area contributed by atoms with Crippen molar-refractivity contribution in [2.45, 2.75) is 24.5 Å². The number of carbonyl (C=O) groups excluding carboxylic acids is 1. The molecule has 1 aliphatic heterocycles. The zero-order valence-electron chi connectivity index (χ0n) is 18.2. The van der Waals surface area contributed by atoms with Gasteiger partial charge in [-0.05, 0) is 30.0 Å². The van der Waals surface area contributed by atoms with Crippen LogP contribution in [-0.4, -0.2) is 81.9 Å². The lowest BCUT2D eigenvalue weighted by Crippen LogP contribution is -2.53. The van der Waals surface area contributed by atoms with Gasteiger partial charge in [0.25, 0.3) is 5.91 Å². The Morgan fingerprint density at radius 3 is 2.74 bits per heavy atom. The highest BCUT2D eigenvalue weighted by Crippen LogP contribution is 2.31. The fourth-order valence-corrected chi connectivity index (χ4v) is 4.06. The van der Waals surface area contributed by atoms with Crippen molar-refractivity contribution in [1.29, 1.82) is 0 Å². The number of amides is 1. The van der Waals surface area contributed by atoms with Gasteiger partial charge in [-0.3, -0.25) is 18.9 Å². The number of halogens is 4. The van der Waals surface area contributed by atoms with Gasteiger partial charge in [0, 0.05) is 30.9 Å². The fraction of sp³-hybridized carbons (Fsp3) is 0.333. The monoisotopic (exact) mass is 482 g/mol. The Morgan fingerprint density at radius 2 is 1.97 bits per heavy atom. The normalized spacial score (nSPS) is 16.6. The van der Waals surface area contributed by atoms with Crippen LogP contribution in [-0.2, 0) is 11.3 Å². The third-order valence-electron chi connectivity index (χ3n) is 5.75. The van der Waals surface area contributed by atoms with Crippen LogP contribution in [0.1, 0.15) is 16.9 Å². The minimum Gasteiger partial charge on any atom is -0.380 e. The summed E-state index contributed by atoms with van der Waals surface area (Å²) in [4.78, 5) is 22.7. The Kier molecular flexibility index (Phi) is 5.58. The van der Waals surface area contributed by atoms with E-state index in [0.29, 0.717) is 5.65 Å². The Balaban J connectivity index is 1.64. The third-order valence-corrected chi connectivity index (χ3v) is 5.75. The van der Waals surface area contributed by atoms with Gasteiger partial charge < -0.3 is 9.64 Å². The van der Waals surface area contributed by atoms with Gasteiger partial charge in [-0.15, -0.1) is 0 Å². The van der Waals surface area contributed by atoms with Crippen molar-refractivity contribution in [3.63, 3.8) is 0 Å². The summed E-state index contributed by atoms with van der Waals surface area (Å²) in [7, 11) is 12.2. The molecule has 5 rings (SSSR count). The molecule has 0 atom stereocenters. The van der Waals surface area contributed by atoms with Gasteiger partial charge in [0.15, 0.2) is 0 Å². The predicted molar refractivity (Wildman–Crippen MR) is 118 cm³/mol. The Bertz CT molecular complexity index is 1430. The van der Waals surface area contributed by atoms with Crippen LogP contribution in [0, 0.1) is 5.82 Å². The molecule has 1 fully saturated rings. The third kappa shape index (κ3) is 4.38.